The summed E-state index contributed by atoms with van der Waals surface area (Å²) >= 11 is 0. The van der Waals surface area contributed by atoms with Crippen LogP contribution in [-0.2, 0) is 0 Å². The maximum atomic E-state index is 5.62. The Morgan fingerprint density at radius 3 is 2.41 bits per heavy atom. The first-order valence-corrected chi connectivity index (χ1v) is 6.50. The first-order valence-electron chi connectivity index (χ1n) is 6.50. The molecule has 96 valence electrons. The molecule has 0 aliphatic heterocycles. The van der Waals surface area contributed by atoms with E-state index in [1.54, 1.807) is 0 Å². The molecular weight excluding hydrogens is 212 g/mol. The van der Waals surface area contributed by atoms with E-state index < -0.39 is 0 Å². The van der Waals surface area contributed by atoms with Crippen LogP contribution in [0.4, 0.5) is 0 Å². The minimum Gasteiger partial charge on any atom is -0.494 e. The van der Waals surface area contributed by atoms with E-state index in [0.717, 1.165) is 38.0 Å². The zero-order valence-corrected chi connectivity index (χ0v) is 10.9. The molecule has 1 rings (SSSR count). The summed E-state index contributed by atoms with van der Waals surface area (Å²) in [5, 5.41) is 0. The van der Waals surface area contributed by atoms with E-state index in [4.69, 9.17) is 10.6 Å². The molecule has 0 aromatic heterocycles. The van der Waals surface area contributed by atoms with Crippen molar-refractivity contribution in [3.63, 3.8) is 0 Å². The summed E-state index contributed by atoms with van der Waals surface area (Å²) in [6, 6.07) is 8.45. The van der Waals surface area contributed by atoms with Gasteiger partial charge in [0, 0.05) is 6.04 Å². The zero-order chi connectivity index (χ0) is 12.5. The van der Waals surface area contributed by atoms with E-state index in [-0.39, 0.29) is 6.04 Å². The van der Waals surface area contributed by atoms with Gasteiger partial charge in [-0.3, -0.25) is 11.3 Å². The summed E-state index contributed by atoms with van der Waals surface area (Å²) < 4.78 is 5.62. The van der Waals surface area contributed by atoms with Gasteiger partial charge in [-0.05, 0) is 30.5 Å². The standard InChI is InChI=1S/C14H24N2O/c1-3-5-11-17-13-9-7-12(8-10-13)14(16-15)6-4-2/h7-10,14,16H,3-6,11,15H2,1-2H3. The number of hydrogen-bond acceptors (Lipinski definition) is 3. The smallest absolute Gasteiger partial charge is 0.119 e. The summed E-state index contributed by atoms with van der Waals surface area (Å²) in [5.41, 5.74) is 4.07. The van der Waals surface area contributed by atoms with Gasteiger partial charge >= 0.3 is 0 Å². The molecular formula is C14H24N2O. The van der Waals surface area contributed by atoms with Crippen molar-refractivity contribution in [2.75, 3.05) is 6.61 Å². The maximum Gasteiger partial charge on any atom is 0.119 e. The molecule has 3 N–H and O–H groups in total. The lowest BCUT2D eigenvalue weighted by Crippen LogP contribution is -2.27. The van der Waals surface area contributed by atoms with Crippen molar-refractivity contribution in [2.24, 2.45) is 5.84 Å². The van der Waals surface area contributed by atoms with Gasteiger partial charge in [-0.25, -0.2) is 0 Å². The molecule has 1 aromatic carbocycles. The summed E-state index contributed by atoms with van der Waals surface area (Å²) in [7, 11) is 0. The highest BCUT2D eigenvalue weighted by molar-refractivity contribution is 5.29. The Labute approximate surface area is 104 Å². The van der Waals surface area contributed by atoms with Crippen LogP contribution in [0.15, 0.2) is 24.3 Å². The Morgan fingerprint density at radius 1 is 1.18 bits per heavy atom. The fraction of sp³-hybridized carbons (Fsp3) is 0.571. The molecule has 0 heterocycles. The van der Waals surface area contributed by atoms with Gasteiger partial charge in [-0.1, -0.05) is 38.8 Å². The van der Waals surface area contributed by atoms with Crippen LogP contribution in [-0.4, -0.2) is 6.61 Å². The highest BCUT2D eigenvalue weighted by atomic mass is 16.5. The fourth-order valence-electron chi connectivity index (χ4n) is 1.77. The average Bonchev–Trinajstić information content (AvgIpc) is 2.37. The number of hydrogen-bond donors (Lipinski definition) is 2. The van der Waals surface area contributed by atoms with Crippen LogP contribution in [0.1, 0.15) is 51.1 Å². The topological polar surface area (TPSA) is 47.3 Å². The van der Waals surface area contributed by atoms with Gasteiger partial charge < -0.3 is 4.74 Å². The molecule has 3 heteroatoms. The quantitative estimate of drug-likeness (QED) is 0.414. The molecule has 1 atom stereocenters. The molecule has 0 saturated carbocycles. The molecule has 0 fully saturated rings. The molecule has 0 radical (unpaired) electrons. The third kappa shape index (κ3) is 4.75. The number of ether oxygens (including phenoxy) is 1. The van der Waals surface area contributed by atoms with Crippen LogP contribution >= 0.6 is 0 Å². The fourth-order valence-corrected chi connectivity index (χ4v) is 1.77. The van der Waals surface area contributed by atoms with E-state index in [1.807, 2.05) is 12.1 Å². The van der Waals surface area contributed by atoms with Crippen molar-refractivity contribution in [1.29, 1.82) is 0 Å². The minimum absolute atomic E-state index is 0.240. The highest BCUT2D eigenvalue weighted by Gasteiger charge is 2.07. The average molecular weight is 236 g/mol. The lowest BCUT2D eigenvalue weighted by Gasteiger charge is -2.15. The van der Waals surface area contributed by atoms with E-state index in [1.165, 1.54) is 5.56 Å². The van der Waals surface area contributed by atoms with Crippen molar-refractivity contribution >= 4 is 0 Å². The van der Waals surface area contributed by atoms with Crippen molar-refractivity contribution in [1.82, 2.24) is 5.43 Å². The van der Waals surface area contributed by atoms with E-state index >= 15 is 0 Å². The van der Waals surface area contributed by atoms with Gasteiger partial charge in [0.15, 0.2) is 0 Å². The number of nitrogens with two attached hydrogens (primary N) is 1. The van der Waals surface area contributed by atoms with Crippen LogP contribution in [0.5, 0.6) is 5.75 Å². The predicted molar refractivity (Wildman–Crippen MR) is 71.8 cm³/mol. The van der Waals surface area contributed by atoms with Crippen LogP contribution in [0.25, 0.3) is 0 Å². The van der Waals surface area contributed by atoms with Crippen LogP contribution in [0.3, 0.4) is 0 Å². The number of unbranched alkanes of at least 4 members (excludes halogenated alkanes) is 1. The SMILES string of the molecule is CCCCOc1ccc(C(CCC)NN)cc1. The second kappa shape index (κ2) is 8.09. The predicted octanol–water partition coefficient (Wildman–Crippen LogP) is 3.17. The Hall–Kier alpha value is -1.06. The van der Waals surface area contributed by atoms with E-state index in [0.29, 0.717) is 0 Å². The van der Waals surface area contributed by atoms with Crippen molar-refractivity contribution in [3.8, 4) is 5.75 Å². The number of hydrazine groups is 1. The van der Waals surface area contributed by atoms with Gasteiger partial charge in [-0.2, -0.15) is 0 Å². The Morgan fingerprint density at radius 2 is 1.88 bits per heavy atom. The molecule has 0 saturated heterocycles. The summed E-state index contributed by atoms with van der Waals surface area (Å²) in [5.74, 6) is 6.49. The van der Waals surface area contributed by atoms with Gasteiger partial charge in [0.05, 0.1) is 6.61 Å². The molecule has 0 aliphatic rings. The zero-order valence-electron chi connectivity index (χ0n) is 10.9. The number of rotatable bonds is 8. The van der Waals surface area contributed by atoms with Gasteiger partial charge in [0.25, 0.3) is 0 Å². The molecule has 1 aromatic rings. The van der Waals surface area contributed by atoms with Crippen molar-refractivity contribution in [3.05, 3.63) is 29.8 Å². The lowest BCUT2D eigenvalue weighted by molar-refractivity contribution is 0.309. The van der Waals surface area contributed by atoms with Gasteiger partial charge in [0.1, 0.15) is 5.75 Å². The molecule has 0 amide bonds. The Bertz CT molecular complexity index is 298. The van der Waals surface area contributed by atoms with E-state index in [2.05, 4.69) is 31.4 Å². The second-order valence-electron chi connectivity index (χ2n) is 4.28. The molecule has 17 heavy (non-hydrogen) atoms. The monoisotopic (exact) mass is 236 g/mol. The normalized spacial score (nSPS) is 12.4. The van der Waals surface area contributed by atoms with Crippen LogP contribution < -0.4 is 16.0 Å². The maximum absolute atomic E-state index is 5.62. The van der Waals surface area contributed by atoms with Gasteiger partial charge in [0.2, 0.25) is 0 Å². The third-order valence-corrected chi connectivity index (χ3v) is 2.83. The molecule has 0 spiro atoms. The first-order chi connectivity index (χ1) is 8.31. The highest BCUT2D eigenvalue weighted by Crippen LogP contribution is 2.20. The minimum atomic E-state index is 0.240. The summed E-state index contributed by atoms with van der Waals surface area (Å²) in [4.78, 5) is 0. The summed E-state index contributed by atoms with van der Waals surface area (Å²) in [6.45, 7) is 5.12. The van der Waals surface area contributed by atoms with E-state index in [9.17, 15) is 0 Å². The number of benzene rings is 1. The molecule has 0 bridgehead atoms. The third-order valence-electron chi connectivity index (χ3n) is 2.83. The summed E-state index contributed by atoms with van der Waals surface area (Å²) in [6.07, 6.45) is 4.43. The Kier molecular flexibility index (Phi) is 6.67. The van der Waals surface area contributed by atoms with Crippen LogP contribution in [0, 0.1) is 0 Å². The second-order valence-corrected chi connectivity index (χ2v) is 4.28. The largest absolute Gasteiger partial charge is 0.494 e. The number of nitrogens with one attached hydrogen (secondary N) is 1. The van der Waals surface area contributed by atoms with Crippen LogP contribution in [0.2, 0.25) is 0 Å². The van der Waals surface area contributed by atoms with Gasteiger partial charge in [-0.15, -0.1) is 0 Å². The molecule has 1 unspecified atom stereocenters. The van der Waals surface area contributed by atoms with Crippen molar-refractivity contribution < 1.29 is 4.74 Å². The first kappa shape index (κ1) is 14.0. The molecule has 3 nitrogen and oxygen atoms in total. The van der Waals surface area contributed by atoms with Crippen molar-refractivity contribution in [2.45, 2.75) is 45.6 Å². The Balaban J connectivity index is 2.53. The lowest BCUT2D eigenvalue weighted by atomic mass is 10.0. The molecule has 0 aliphatic carbocycles.